The molecular formula is C20H23Br2N3O. The highest BCUT2D eigenvalue weighted by atomic mass is 79.9. The number of halogens is 2. The fraction of sp³-hybridized carbons (Fsp3) is 0.350. The molecule has 0 aliphatic carbocycles. The molecule has 1 unspecified atom stereocenters. The van der Waals surface area contributed by atoms with E-state index in [-0.39, 0.29) is 11.9 Å². The van der Waals surface area contributed by atoms with Gasteiger partial charge in [0, 0.05) is 40.8 Å². The lowest BCUT2D eigenvalue weighted by Gasteiger charge is -2.38. The summed E-state index contributed by atoms with van der Waals surface area (Å²) in [4.78, 5) is 17.3. The highest BCUT2D eigenvalue weighted by Gasteiger charge is 2.26. The number of hydrogen-bond donors (Lipinski definition) is 1. The monoisotopic (exact) mass is 479 g/mol. The van der Waals surface area contributed by atoms with Crippen LogP contribution in [0.15, 0.2) is 51.4 Å². The Morgan fingerprint density at radius 1 is 1.08 bits per heavy atom. The van der Waals surface area contributed by atoms with Crippen molar-refractivity contribution in [1.82, 2.24) is 4.90 Å². The lowest BCUT2D eigenvalue weighted by molar-refractivity contribution is -0.120. The van der Waals surface area contributed by atoms with Gasteiger partial charge in [0.1, 0.15) is 0 Å². The number of nitrogens with zero attached hydrogens (tertiary/aromatic N) is 2. The zero-order valence-corrected chi connectivity index (χ0v) is 18.2. The topological polar surface area (TPSA) is 35.6 Å². The SMILES string of the molecule is Cc1cccc(N2CCN(C(C)C(=O)Nc3ccc(Br)cc3Br)CC2)c1. The van der Waals surface area contributed by atoms with Crippen LogP contribution in [-0.4, -0.2) is 43.0 Å². The number of aryl methyl sites for hydroxylation is 1. The maximum atomic E-state index is 12.6. The van der Waals surface area contributed by atoms with Gasteiger partial charge in [-0.25, -0.2) is 0 Å². The van der Waals surface area contributed by atoms with Gasteiger partial charge in [0.15, 0.2) is 0 Å². The van der Waals surface area contributed by atoms with Gasteiger partial charge < -0.3 is 10.2 Å². The van der Waals surface area contributed by atoms with Crippen LogP contribution >= 0.6 is 31.9 Å². The average molecular weight is 481 g/mol. The van der Waals surface area contributed by atoms with Gasteiger partial charge in [-0.3, -0.25) is 9.69 Å². The molecule has 1 atom stereocenters. The summed E-state index contributed by atoms with van der Waals surface area (Å²) in [6, 6.07) is 14.2. The number of carbonyl (C=O) groups is 1. The van der Waals surface area contributed by atoms with Crippen molar-refractivity contribution < 1.29 is 4.79 Å². The van der Waals surface area contributed by atoms with E-state index < -0.39 is 0 Å². The van der Waals surface area contributed by atoms with Crippen LogP contribution in [0.1, 0.15) is 12.5 Å². The summed E-state index contributed by atoms with van der Waals surface area (Å²) >= 11 is 6.92. The Morgan fingerprint density at radius 3 is 2.46 bits per heavy atom. The average Bonchev–Trinajstić information content (AvgIpc) is 2.63. The van der Waals surface area contributed by atoms with E-state index in [0.717, 1.165) is 40.8 Å². The standard InChI is InChI=1S/C20H23Br2N3O/c1-14-4-3-5-17(12-14)25-10-8-24(9-11-25)15(2)20(26)23-19-7-6-16(21)13-18(19)22/h3-7,12-13,15H,8-11H2,1-2H3,(H,23,26). The first-order valence-electron chi connectivity index (χ1n) is 8.75. The third kappa shape index (κ3) is 4.67. The van der Waals surface area contributed by atoms with Crippen LogP contribution in [0.3, 0.4) is 0 Å². The van der Waals surface area contributed by atoms with Crippen LogP contribution in [0.4, 0.5) is 11.4 Å². The number of piperazine rings is 1. The fourth-order valence-corrected chi connectivity index (χ4v) is 4.33. The zero-order chi connectivity index (χ0) is 18.7. The fourth-order valence-electron chi connectivity index (χ4n) is 3.19. The van der Waals surface area contributed by atoms with Crippen LogP contribution in [0.25, 0.3) is 0 Å². The van der Waals surface area contributed by atoms with E-state index in [4.69, 9.17) is 0 Å². The van der Waals surface area contributed by atoms with Crippen molar-refractivity contribution in [3.8, 4) is 0 Å². The van der Waals surface area contributed by atoms with E-state index in [2.05, 4.69) is 78.2 Å². The Bertz CT molecular complexity index is 788. The molecule has 2 aromatic rings. The van der Waals surface area contributed by atoms with Crippen molar-refractivity contribution in [3.63, 3.8) is 0 Å². The van der Waals surface area contributed by atoms with Crippen molar-refractivity contribution >= 4 is 49.1 Å². The molecule has 4 nitrogen and oxygen atoms in total. The molecule has 1 N–H and O–H groups in total. The van der Waals surface area contributed by atoms with Gasteiger partial charge in [0.25, 0.3) is 0 Å². The summed E-state index contributed by atoms with van der Waals surface area (Å²) in [5.41, 5.74) is 3.33. The van der Waals surface area contributed by atoms with Crippen molar-refractivity contribution in [3.05, 3.63) is 57.0 Å². The first-order valence-corrected chi connectivity index (χ1v) is 10.3. The summed E-state index contributed by atoms with van der Waals surface area (Å²) in [7, 11) is 0. The third-order valence-corrected chi connectivity index (χ3v) is 5.95. The van der Waals surface area contributed by atoms with Crippen LogP contribution in [0.5, 0.6) is 0 Å². The highest BCUT2D eigenvalue weighted by Crippen LogP contribution is 2.26. The minimum Gasteiger partial charge on any atom is -0.369 e. The molecule has 138 valence electrons. The molecule has 26 heavy (non-hydrogen) atoms. The minimum atomic E-state index is -0.162. The number of carbonyl (C=O) groups excluding carboxylic acids is 1. The molecule has 1 amide bonds. The van der Waals surface area contributed by atoms with E-state index in [0.29, 0.717) is 0 Å². The Morgan fingerprint density at radius 2 is 1.81 bits per heavy atom. The normalized spacial score (nSPS) is 16.4. The maximum Gasteiger partial charge on any atom is 0.241 e. The number of benzene rings is 2. The number of amides is 1. The molecule has 1 aliphatic heterocycles. The number of nitrogens with one attached hydrogen (secondary N) is 1. The van der Waals surface area contributed by atoms with Crippen LogP contribution < -0.4 is 10.2 Å². The van der Waals surface area contributed by atoms with E-state index in [1.54, 1.807) is 0 Å². The zero-order valence-electron chi connectivity index (χ0n) is 15.0. The summed E-state index contributed by atoms with van der Waals surface area (Å²) in [5.74, 6) is 0.0250. The number of rotatable bonds is 4. The Hall–Kier alpha value is -1.37. The molecule has 0 spiro atoms. The summed E-state index contributed by atoms with van der Waals surface area (Å²) in [6.07, 6.45) is 0. The van der Waals surface area contributed by atoms with Gasteiger partial charge in [-0.05, 0) is 65.7 Å². The molecule has 0 bridgehead atoms. The molecule has 1 fully saturated rings. The first-order chi connectivity index (χ1) is 12.4. The number of hydrogen-bond acceptors (Lipinski definition) is 3. The summed E-state index contributed by atoms with van der Waals surface area (Å²) in [6.45, 7) is 7.72. The van der Waals surface area contributed by atoms with Gasteiger partial charge in [-0.1, -0.05) is 28.1 Å². The molecule has 1 saturated heterocycles. The van der Waals surface area contributed by atoms with Gasteiger partial charge in [0.2, 0.25) is 5.91 Å². The summed E-state index contributed by atoms with van der Waals surface area (Å²) in [5, 5.41) is 3.02. The first kappa shape index (κ1) is 19.4. The third-order valence-electron chi connectivity index (χ3n) is 4.80. The molecule has 1 heterocycles. The lowest BCUT2D eigenvalue weighted by Crippen LogP contribution is -2.52. The Balaban J connectivity index is 1.57. The van der Waals surface area contributed by atoms with Crippen molar-refractivity contribution in [2.75, 3.05) is 36.4 Å². The predicted octanol–water partition coefficient (Wildman–Crippen LogP) is 4.67. The minimum absolute atomic E-state index is 0.0250. The Kier molecular flexibility index (Phi) is 6.37. The van der Waals surface area contributed by atoms with Crippen LogP contribution in [0.2, 0.25) is 0 Å². The van der Waals surface area contributed by atoms with Gasteiger partial charge in [-0.2, -0.15) is 0 Å². The molecule has 1 aliphatic rings. The molecule has 0 aromatic heterocycles. The molecule has 0 saturated carbocycles. The van der Waals surface area contributed by atoms with Crippen molar-refractivity contribution in [2.24, 2.45) is 0 Å². The summed E-state index contributed by atoms with van der Waals surface area (Å²) < 4.78 is 1.85. The molecule has 3 rings (SSSR count). The molecule has 6 heteroatoms. The van der Waals surface area contributed by atoms with Gasteiger partial charge in [-0.15, -0.1) is 0 Å². The number of anilines is 2. The second-order valence-electron chi connectivity index (χ2n) is 6.65. The Labute approximate surface area is 171 Å². The van der Waals surface area contributed by atoms with Crippen molar-refractivity contribution in [2.45, 2.75) is 19.9 Å². The van der Waals surface area contributed by atoms with Crippen LogP contribution in [-0.2, 0) is 4.79 Å². The maximum absolute atomic E-state index is 12.6. The van der Waals surface area contributed by atoms with E-state index in [1.165, 1.54) is 11.3 Å². The van der Waals surface area contributed by atoms with E-state index in [1.807, 2.05) is 25.1 Å². The molecule has 0 radical (unpaired) electrons. The highest BCUT2D eigenvalue weighted by molar-refractivity contribution is 9.11. The quantitative estimate of drug-likeness (QED) is 0.690. The smallest absolute Gasteiger partial charge is 0.241 e. The largest absolute Gasteiger partial charge is 0.369 e. The lowest BCUT2D eigenvalue weighted by atomic mass is 10.1. The van der Waals surface area contributed by atoms with Crippen LogP contribution in [0, 0.1) is 6.92 Å². The second-order valence-corrected chi connectivity index (χ2v) is 8.42. The predicted molar refractivity (Wildman–Crippen MR) is 115 cm³/mol. The van der Waals surface area contributed by atoms with Gasteiger partial charge >= 0.3 is 0 Å². The molecule has 2 aromatic carbocycles. The molecular weight excluding hydrogens is 458 g/mol. The van der Waals surface area contributed by atoms with E-state index >= 15 is 0 Å². The van der Waals surface area contributed by atoms with E-state index in [9.17, 15) is 4.79 Å². The second kappa shape index (κ2) is 8.55. The van der Waals surface area contributed by atoms with Crippen molar-refractivity contribution in [1.29, 1.82) is 0 Å². The van der Waals surface area contributed by atoms with Gasteiger partial charge in [0.05, 0.1) is 11.7 Å².